The van der Waals surface area contributed by atoms with Gasteiger partial charge in [-0.3, -0.25) is 19.8 Å². The van der Waals surface area contributed by atoms with Crippen molar-refractivity contribution in [1.82, 2.24) is 20.4 Å². The fraction of sp³-hybridized carbons (Fsp3) is 0.438. The highest BCUT2D eigenvalue weighted by atomic mass is 19.1. The van der Waals surface area contributed by atoms with Crippen molar-refractivity contribution in [3.63, 3.8) is 0 Å². The number of imide groups is 1. The standard InChI is InChI=1S/C16H21FN4O3/c1-2-18-16(24)19-14(22)11-20-7-9-21(10-8-20)15(23)12-5-3-4-6-13(12)17/h3-6H,2,7-11H2,1H3,(H2,18,19,22,24). The van der Waals surface area contributed by atoms with Crippen molar-refractivity contribution in [2.45, 2.75) is 6.92 Å². The first-order chi connectivity index (χ1) is 11.5. The van der Waals surface area contributed by atoms with Crippen LogP contribution in [0, 0.1) is 5.82 Å². The number of halogens is 1. The van der Waals surface area contributed by atoms with E-state index >= 15 is 0 Å². The van der Waals surface area contributed by atoms with Crippen LogP contribution in [-0.4, -0.2) is 66.9 Å². The number of rotatable bonds is 4. The van der Waals surface area contributed by atoms with E-state index in [9.17, 15) is 18.8 Å². The molecule has 1 heterocycles. The molecule has 0 aliphatic carbocycles. The minimum absolute atomic E-state index is 0.0555. The molecule has 0 bridgehead atoms. The third-order valence-corrected chi connectivity index (χ3v) is 3.72. The van der Waals surface area contributed by atoms with Crippen LogP contribution < -0.4 is 10.6 Å². The lowest BCUT2D eigenvalue weighted by Gasteiger charge is -2.34. The zero-order valence-corrected chi connectivity index (χ0v) is 13.5. The second-order valence-electron chi connectivity index (χ2n) is 5.46. The SMILES string of the molecule is CCNC(=O)NC(=O)CN1CCN(C(=O)c2ccccc2F)CC1. The number of benzene rings is 1. The Labute approximate surface area is 139 Å². The zero-order valence-electron chi connectivity index (χ0n) is 13.5. The van der Waals surface area contributed by atoms with Crippen LogP contribution in [0.2, 0.25) is 0 Å². The number of piperazine rings is 1. The number of nitrogens with zero attached hydrogens (tertiary/aromatic N) is 2. The average molecular weight is 336 g/mol. The molecular formula is C16H21FN4O3. The molecule has 1 aliphatic heterocycles. The summed E-state index contributed by atoms with van der Waals surface area (Å²) in [5.41, 5.74) is 0.0555. The molecule has 0 saturated carbocycles. The van der Waals surface area contributed by atoms with E-state index in [1.54, 1.807) is 17.9 Å². The van der Waals surface area contributed by atoms with Crippen LogP contribution in [0.3, 0.4) is 0 Å². The largest absolute Gasteiger partial charge is 0.338 e. The molecule has 4 amide bonds. The second-order valence-corrected chi connectivity index (χ2v) is 5.46. The van der Waals surface area contributed by atoms with Gasteiger partial charge < -0.3 is 10.2 Å². The average Bonchev–Trinajstić information content (AvgIpc) is 2.55. The molecule has 1 aromatic rings. The van der Waals surface area contributed by atoms with Gasteiger partial charge in [-0.25, -0.2) is 9.18 Å². The van der Waals surface area contributed by atoms with E-state index in [0.717, 1.165) is 0 Å². The van der Waals surface area contributed by atoms with E-state index in [2.05, 4.69) is 10.6 Å². The Morgan fingerprint density at radius 3 is 2.42 bits per heavy atom. The first kappa shape index (κ1) is 17.9. The van der Waals surface area contributed by atoms with E-state index in [1.165, 1.54) is 18.2 Å². The molecule has 2 N–H and O–H groups in total. The maximum absolute atomic E-state index is 13.7. The van der Waals surface area contributed by atoms with E-state index in [4.69, 9.17) is 0 Å². The van der Waals surface area contributed by atoms with Crippen molar-refractivity contribution >= 4 is 17.8 Å². The quantitative estimate of drug-likeness (QED) is 0.835. The summed E-state index contributed by atoms with van der Waals surface area (Å²) in [6, 6.07) is 5.37. The molecule has 0 atom stereocenters. The van der Waals surface area contributed by atoms with Crippen LogP contribution in [0.25, 0.3) is 0 Å². The Hall–Kier alpha value is -2.48. The number of carbonyl (C=O) groups excluding carboxylic acids is 3. The van der Waals surface area contributed by atoms with Crippen molar-refractivity contribution in [3.8, 4) is 0 Å². The van der Waals surface area contributed by atoms with Gasteiger partial charge in [0, 0.05) is 32.7 Å². The molecule has 0 unspecified atom stereocenters. The molecule has 1 saturated heterocycles. The summed E-state index contributed by atoms with van der Waals surface area (Å²) < 4.78 is 13.7. The van der Waals surface area contributed by atoms with E-state index in [-0.39, 0.29) is 18.0 Å². The number of amides is 4. The van der Waals surface area contributed by atoms with Crippen molar-refractivity contribution in [2.24, 2.45) is 0 Å². The molecule has 8 heteroatoms. The second kappa shape index (κ2) is 8.39. The lowest BCUT2D eigenvalue weighted by atomic mass is 10.1. The lowest BCUT2D eigenvalue weighted by molar-refractivity contribution is -0.121. The van der Waals surface area contributed by atoms with E-state index in [0.29, 0.717) is 32.7 Å². The highest BCUT2D eigenvalue weighted by Crippen LogP contribution is 2.12. The van der Waals surface area contributed by atoms with E-state index in [1.807, 2.05) is 4.90 Å². The van der Waals surface area contributed by atoms with Gasteiger partial charge in [0.25, 0.3) is 5.91 Å². The molecule has 24 heavy (non-hydrogen) atoms. The van der Waals surface area contributed by atoms with Crippen LogP contribution >= 0.6 is 0 Å². The Bertz CT molecular complexity index is 615. The smallest absolute Gasteiger partial charge is 0.321 e. The van der Waals surface area contributed by atoms with Crippen LogP contribution in [0.15, 0.2) is 24.3 Å². The molecule has 1 fully saturated rings. The van der Waals surface area contributed by atoms with Crippen LogP contribution in [0.5, 0.6) is 0 Å². The predicted molar refractivity (Wildman–Crippen MR) is 86.0 cm³/mol. The summed E-state index contributed by atoms with van der Waals surface area (Å²) in [6.07, 6.45) is 0. The van der Waals surface area contributed by atoms with Crippen LogP contribution in [0.4, 0.5) is 9.18 Å². The van der Waals surface area contributed by atoms with E-state index < -0.39 is 17.8 Å². The predicted octanol–water partition coefficient (Wildman–Crippen LogP) is 0.429. The zero-order chi connectivity index (χ0) is 17.5. The molecule has 7 nitrogen and oxygen atoms in total. The Balaban J connectivity index is 1.81. The molecule has 1 aromatic carbocycles. The van der Waals surface area contributed by atoms with Gasteiger partial charge in [0.1, 0.15) is 5.82 Å². The van der Waals surface area contributed by atoms with Crippen molar-refractivity contribution in [1.29, 1.82) is 0 Å². The Kier molecular flexibility index (Phi) is 6.25. The maximum atomic E-state index is 13.7. The number of hydrogen-bond donors (Lipinski definition) is 2. The van der Waals surface area contributed by atoms with Gasteiger partial charge in [-0.2, -0.15) is 0 Å². The van der Waals surface area contributed by atoms with Gasteiger partial charge in [0.15, 0.2) is 0 Å². The molecule has 0 spiro atoms. The fourth-order valence-corrected chi connectivity index (χ4v) is 2.49. The van der Waals surface area contributed by atoms with Crippen LogP contribution in [-0.2, 0) is 4.79 Å². The summed E-state index contributed by atoms with van der Waals surface area (Å²) in [5.74, 6) is -1.28. The minimum Gasteiger partial charge on any atom is -0.338 e. The Morgan fingerprint density at radius 2 is 1.79 bits per heavy atom. The third kappa shape index (κ3) is 4.76. The first-order valence-corrected chi connectivity index (χ1v) is 7.85. The van der Waals surface area contributed by atoms with Crippen LogP contribution in [0.1, 0.15) is 17.3 Å². The van der Waals surface area contributed by atoms with Gasteiger partial charge in [-0.05, 0) is 19.1 Å². The molecule has 130 valence electrons. The summed E-state index contributed by atoms with van der Waals surface area (Å²) in [4.78, 5) is 38.7. The summed E-state index contributed by atoms with van der Waals surface area (Å²) in [6.45, 7) is 4.07. The van der Waals surface area contributed by atoms with Gasteiger partial charge in [0.2, 0.25) is 5.91 Å². The number of carbonyl (C=O) groups is 3. The Morgan fingerprint density at radius 1 is 1.12 bits per heavy atom. The first-order valence-electron chi connectivity index (χ1n) is 7.85. The van der Waals surface area contributed by atoms with Crippen molar-refractivity contribution < 1.29 is 18.8 Å². The molecule has 0 radical (unpaired) electrons. The maximum Gasteiger partial charge on any atom is 0.321 e. The number of hydrogen-bond acceptors (Lipinski definition) is 4. The third-order valence-electron chi connectivity index (χ3n) is 3.72. The van der Waals surface area contributed by atoms with Gasteiger partial charge >= 0.3 is 6.03 Å². The summed E-state index contributed by atoms with van der Waals surface area (Å²) in [7, 11) is 0. The van der Waals surface area contributed by atoms with Gasteiger partial charge in [-0.1, -0.05) is 12.1 Å². The number of nitrogens with one attached hydrogen (secondary N) is 2. The van der Waals surface area contributed by atoms with Gasteiger partial charge in [0.05, 0.1) is 12.1 Å². The lowest BCUT2D eigenvalue weighted by Crippen LogP contribution is -2.52. The highest BCUT2D eigenvalue weighted by Gasteiger charge is 2.25. The van der Waals surface area contributed by atoms with Crippen molar-refractivity contribution in [3.05, 3.63) is 35.6 Å². The van der Waals surface area contributed by atoms with Gasteiger partial charge in [-0.15, -0.1) is 0 Å². The normalized spacial score (nSPS) is 15.0. The fourth-order valence-electron chi connectivity index (χ4n) is 2.49. The molecule has 2 rings (SSSR count). The monoisotopic (exact) mass is 336 g/mol. The molecule has 1 aliphatic rings. The molecule has 0 aromatic heterocycles. The highest BCUT2D eigenvalue weighted by molar-refractivity contribution is 5.95. The minimum atomic E-state index is -0.536. The molecular weight excluding hydrogens is 315 g/mol. The van der Waals surface area contributed by atoms with Crippen molar-refractivity contribution in [2.75, 3.05) is 39.3 Å². The summed E-state index contributed by atoms with van der Waals surface area (Å²) >= 11 is 0. The topological polar surface area (TPSA) is 81.8 Å². The summed E-state index contributed by atoms with van der Waals surface area (Å²) in [5, 5.41) is 4.72. The number of urea groups is 1.